The fourth-order valence-corrected chi connectivity index (χ4v) is 2.34. The number of primary amides is 1. The van der Waals surface area contributed by atoms with Gasteiger partial charge in [-0.15, -0.1) is 0 Å². The van der Waals surface area contributed by atoms with Crippen LogP contribution in [0, 0.1) is 5.92 Å². The number of nitrogens with two attached hydrogens (primary N) is 1. The number of nitrogens with one attached hydrogen (secondary N) is 1. The van der Waals surface area contributed by atoms with E-state index in [2.05, 4.69) is 28.2 Å². The highest BCUT2D eigenvalue weighted by atomic mass is 16.1. The number of nitrogens with zero attached hydrogens (tertiary/aromatic N) is 2. The van der Waals surface area contributed by atoms with Gasteiger partial charge in [-0.2, -0.15) is 0 Å². The van der Waals surface area contributed by atoms with Crippen LogP contribution in [0.4, 0.5) is 5.82 Å². The minimum Gasteiger partial charge on any atom is -0.370 e. The summed E-state index contributed by atoms with van der Waals surface area (Å²) in [6, 6.07) is 4.01. The van der Waals surface area contributed by atoms with Crippen molar-refractivity contribution in [1.82, 2.24) is 9.88 Å². The zero-order chi connectivity index (χ0) is 13.0. The molecular weight excluding hydrogens is 228 g/mol. The lowest BCUT2D eigenvalue weighted by Crippen LogP contribution is -2.27. The first kappa shape index (κ1) is 12.8. The van der Waals surface area contributed by atoms with Crippen molar-refractivity contribution < 1.29 is 4.79 Å². The Morgan fingerprint density at radius 3 is 3.17 bits per heavy atom. The summed E-state index contributed by atoms with van der Waals surface area (Å²) in [5.74, 6) is 0.752. The fraction of sp³-hybridized carbons (Fsp3) is 0.538. The van der Waals surface area contributed by atoms with Crippen molar-refractivity contribution in [3.05, 3.63) is 23.9 Å². The maximum Gasteiger partial charge on any atom is 0.221 e. The van der Waals surface area contributed by atoms with Gasteiger partial charge < -0.3 is 11.1 Å². The third kappa shape index (κ3) is 2.98. The second kappa shape index (κ2) is 5.82. The molecule has 1 fully saturated rings. The van der Waals surface area contributed by atoms with E-state index in [9.17, 15) is 4.79 Å². The third-order valence-corrected chi connectivity index (χ3v) is 3.30. The molecule has 5 nitrogen and oxygen atoms in total. The molecule has 3 N–H and O–H groups in total. The van der Waals surface area contributed by atoms with Gasteiger partial charge in [0.2, 0.25) is 5.91 Å². The molecule has 0 aromatic carbocycles. The average Bonchev–Trinajstić information content (AvgIpc) is 2.81. The maximum atomic E-state index is 11.1. The van der Waals surface area contributed by atoms with Gasteiger partial charge in [-0.05, 0) is 26.0 Å². The summed E-state index contributed by atoms with van der Waals surface area (Å²) in [4.78, 5) is 17.7. The Balaban J connectivity index is 2.00. The van der Waals surface area contributed by atoms with E-state index in [4.69, 9.17) is 5.73 Å². The number of hydrogen-bond donors (Lipinski definition) is 2. The molecule has 1 saturated heterocycles. The second-order valence-electron chi connectivity index (χ2n) is 4.66. The number of likely N-dealkylation sites (tertiary alicyclic amines) is 1. The zero-order valence-electron chi connectivity index (χ0n) is 10.7. The lowest BCUT2D eigenvalue weighted by molar-refractivity contribution is -0.121. The molecule has 1 aromatic heterocycles. The van der Waals surface area contributed by atoms with Gasteiger partial charge in [-0.25, -0.2) is 4.98 Å². The van der Waals surface area contributed by atoms with Crippen molar-refractivity contribution >= 4 is 11.7 Å². The molecule has 1 unspecified atom stereocenters. The molecule has 0 saturated carbocycles. The predicted octanol–water partition coefficient (Wildman–Crippen LogP) is 0.821. The number of rotatable bonds is 5. The van der Waals surface area contributed by atoms with Crippen LogP contribution in [-0.2, 0) is 11.3 Å². The summed E-state index contributed by atoms with van der Waals surface area (Å²) in [7, 11) is 0. The van der Waals surface area contributed by atoms with Crippen molar-refractivity contribution in [2.45, 2.75) is 19.9 Å². The maximum absolute atomic E-state index is 11.1. The van der Waals surface area contributed by atoms with Gasteiger partial charge in [-0.1, -0.05) is 6.07 Å². The third-order valence-electron chi connectivity index (χ3n) is 3.30. The summed E-state index contributed by atoms with van der Waals surface area (Å²) in [5, 5.41) is 3.25. The molecule has 1 aromatic rings. The first-order valence-corrected chi connectivity index (χ1v) is 6.40. The van der Waals surface area contributed by atoms with Crippen LogP contribution in [0.25, 0.3) is 0 Å². The van der Waals surface area contributed by atoms with E-state index < -0.39 is 0 Å². The first-order chi connectivity index (χ1) is 8.70. The standard InChI is InChI=1S/C13H20N4O/c1-2-15-13-11(4-3-6-16-13)9-17-7-5-10(8-17)12(14)18/h3-4,6,10H,2,5,7-9H2,1H3,(H2,14,18)(H,15,16). The van der Waals surface area contributed by atoms with Crippen LogP contribution >= 0.6 is 0 Å². The molecule has 5 heteroatoms. The van der Waals surface area contributed by atoms with Gasteiger partial charge in [0, 0.05) is 31.4 Å². The summed E-state index contributed by atoms with van der Waals surface area (Å²) in [6.45, 7) is 5.41. The number of carbonyl (C=O) groups is 1. The van der Waals surface area contributed by atoms with E-state index >= 15 is 0 Å². The predicted molar refractivity (Wildman–Crippen MR) is 71.0 cm³/mol. The molecule has 2 heterocycles. The number of amides is 1. The number of pyridine rings is 1. The number of aromatic nitrogens is 1. The van der Waals surface area contributed by atoms with Crippen molar-refractivity contribution in [3.8, 4) is 0 Å². The highest BCUT2D eigenvalue weighted by Crippen LogP contribution is 2.20. The van der Waals surface area contributed by atoms with Crippen LogP contribution in [0.2, 0.25) is 0 Å². The Hall–Kier alpha value is -1.62. The highest BCUT2D eigenvalue weighted by molar-refractivity contribution is 5.77. The smallest absolute Gasteiger partial charge is 0.221 e. The van der Waals surface area contributed by atoms with E-state index in [0.717, 1.165) is 38.4 Å². The van der Waals surface area contributed by atoms with Crippen molar-refractivity contribution in [2.24, 2.45) is 11.7 Å². The van der Waals surface area contributed by atoms with Gasteiger partial charge in [0.15, 0.2) is 0 Å². The van der Waals surface area contributed by atoms with Gasteiger partial charge in [0.25, 0.3) is 0 Å². The van der Waals surface area contributed by atoms with E-state index in [1.807, 2.05) is 6.07 Å². The normalized spacial score (nSPS) is 19.9. The summed E-state index contributed by atoms with van der Waals surface area (Å²) in [5.41, 5.74) is 6.51. The Labute approximate surface area is 107 Å². The van der Waals surface area contributed by atoms with Crippen LogP contribution in [-0.4, -0.2) is 35.4 Å². The monoisotopic (exact) mass is 248 g/mol. The molecule has 2 rings (SSSR count). The van der Waals surface area contributed by atoms with Crippen LogP contribution in [0.3, 0.4) is 0 Å². The van der Waals surface area contributed by atoms with E-state index in [0.29, 0.717) is 0 Å². The average molecular weight is 248 g/mol. The first-order valence-electron chi connectivity index (χ1n) is 6.40. The molecule has 0 spiro atoms. The van der Waals surface area contributed by atoms with Gasteiger partial charge in [0.05, 0.1) is 5.92 Å². The zero-order valence-corrected chi connectivity index (χ0v) is 10.7. The topological polar surface area (TPSA) is 71.2 Å². The van der Waals surface area contributed by atoms with Crippen LogP contribution in [0.5, 0.6) is 0 Å². The Morgan fingerprint density at radius 1 is 1.67 bits per heavy atom. The Morgan fingerprint density at radius 2 is 2.50 bits per heavy atom. The molecule has 1 aliphatic rings. The summed E-state index contributed by atoms with van der Waals surface area (Å²) >= 11 is 0. The summed E-state index contributed by atoms with van der Waals surface area (Å²) in [6.07, 6.45) is 2.66. The van der Waals surface area contributed by atoms with E-state index in [-0.39, 0.29) is 11.8 Å². The largest absolute Gasteiger partial charge is 0.370 e. The molecule has 0 radical (unpaired) electrons. The minimum atomic E-state index is -0.185. The number of hydrogen-bond acceptors (Lipinski definition) is 4. The highest BCUT2D eigenvalue weighted by Gasteiger charge is 2.26. The molecule has 1 amide bonds. The fourth-order valence-electron chi connectivity index (χ4n) is 2.34. The molecule has 0 aliphatic carbocycles. The van der Waals surface area contributed by atoms with Crippen molar-refractivity contribution in [3.63, 3.8) is 0 Å². The van der Waals surface area contributed by atoms with Crippen molar-refractivity contribution in [2.75, 3.05) is 25.0 Å². The van der Waals surface area contributed by atoms with Gasteiger partial charge in [-0.3, -0.25) is 9.69 Å². The number of carbonyl (C=O) groups excluding carboxylic acids is 1. The lowest BCUT2D eigenvalue weighted by atomic mass is 10.1. The van der Waals surface area contributed by atoms with Gasteiger partial charge >= 0.3 is 0 Å². The van der Waals surface area contributed by atoms with Crippen LogP contribution in [0.1, 0.15) is 18.9 Å². The minimum absolute atomic E-state index is 0.00394. The SMILES string of the molecule is CCNc1ncccc1CN1CCC(C(N)=O)C1. The van der Waals surface area contributed by atoms with E-state index in [1.54, 1.807) is 6.20 Å². The van der Waals surface area contributed by atoms with Gasteiger partial charge in [0.1, 0.15) is 5.82 Å². The molecule has 98 valence electrons. The molecule has 1 atom stereocenters. The molecular formula is C13H20N4O. The molecule has 1 aliphatic heterocycles. The second-order valence-corrected chi connectivity index (χ2v) is 4.66. The van der Waals surface area contributed by atoms with Crippen molar-refractivity contribution in [1.29, 1.82) is 0 Å². The molecule has 18 heavy (non-hydrogen) atoms. The summed E-state index contributed by atoms with van der Waals surface area (Å²) < 4.78 is 0. The quantitative estimate of drug-likeness (QED) is 0.809. The lowest BCUT2D eigenvalue weighted by Gasteiger charge is -2.17. The Bertz CT molecular complexity index is 421. The molecule has 0 bridgehead atoms. The van der Waals surface area contributed by atoms with E-state index in [1.165, 1.54) is 5.56 Å². The number of anilines is 1. The Kier molecular flexibility index (Phi) is 4.15. The van der Waals surface area contributed by atoms with Crippen LogP contribution < -0.4 is 11.1 Å². The van der Waals surface area contributed by atoms with Crippen LogP contribution in [0.15, 0.2) is 18.3 Å².